The van der Waals surface area contributed by atoms with Crippen LogP contribution in [-0.4, -0.2) is 58.9 Å². The molecule has 1 aromatic carbocycles. The number of aromatic nitrogens is 6. The van der Waals surface area contributed by atoms with Gasteiger partial charge in [-0.25, -0.2) is 23.8 Å². The van der Waals surface area contributed by atoms with E-state index in [0.29, 0.717) is 18.8 Å². The number of rotatable bonds is 5. The highest BCUT2D eigenvalue weighted by Gasteiger charge is 2.27. The minimum atomic E-state index is -0.506. The van der Waals surface area contributed by atoms with E-state index in [1.165, 1.54) is 11.9 Å². The molecule has 5 heterocycles. The third-order valence-electron chi connectivity index (χ3n) is 7.22. The van der Waals surface area contributed by atoms with E-state index in [2.05, 4.69) is 31.5 Å². The van der Waals surface area contributed by atoms with E-state index in [0.717, 1.165) is 53.2 Å². The van der Waals surface area contributed by atoms with Crippen LogP contribution in [0.25, 0.3) is 11.2 Å². The Morgan fingerprint density at radius 1 is 0.976 bits per heavy atom. The van der Waals surface area contributed by atoms with Crippen LogP contribution < -0.4 is 10.1 Å². The van der Waals surface area contributed by atoms with Gasteiger partial charge in [0.05, 0.1) is 0 Å². The Labute approximate surface area is 238 Å². The normalized spacial score (nSPS) is 16.1. The number of carbonyl (C=O) groups excluding carboxylic acids is 1. The topological polar surface area (TPSA) is 111 Å². The first-order valence-corrected chi connectivity index (χ1v) is 13.9. The Morgan fingerprint density at radius 3 is 2.61 bits per heavy atom. The quantitative estimate of drug-likeness (QED) is 0.277. The van der Waals surface area contributed by atoms with E-state index in [4.69, 9.17) is 9.47 Å². The van der Waals surface area contributed by atoms with Crippen molar-refractivity contribution in [3.8, 4) is 11.5 Å². The number of benzene rings is 1. The number of nitrogens with one attached hydrogen (secondary N) is 1. The fourth-order valence-corrected chi connectivity index (χ4v) is 5.28. The fraction of sp³-hybridized carbons (Fsp3) is 0.367. The summed E-state index contributed by atoms with van der Waals surface area (Å²) in [6.07, 6.45) is 9.35. The minimum absolute atomic E-state index is 0.243. The highest BCUT2D eigenvalue weighted by molar-refractivity contribution is 5.77. The van der Waals surface area contributed by atoms with E-state index >= 15 is 0 Å². The molecule has 212 valence electrons. The molecule has 5 aromatic rings. The van der Waals surface area contributed by atoms with Crippen molar-refractivity contribution in [2.45, 2.75) is 58.5 Å². The van der Waals surface area contributed by atoms with E-state index in [1.807, 2.05) is 79.8 Å². The molecule has 6 rings (SSSR count). The van der Waals surface area contributed by atoms with Crippen molar-refractivity contribution in [1.29, 1.82) is 0 Å². The summed E-state index contributed by atoms with van der Waals surface area (Å²) in [5.74, 6) is 2.46. The number of carbonyl (C=O) groups is 1. The number of nitrogens with zero attached hydrogens (tertiary/aromatic N) is 7. The number of amides is 1. The lowest BCUT2D eigenvalue weighted by Crippen LogP contribution is -2.37. The second kappa shape index (κ2) is 10.7. The molecular formula is C30H34N8O3. The van der Waals surface area contributed by atoms with Crippen molar-refractivity contribution >= 4 is 28.8 Å². The average Bonchev–Trinajstić information content (AvgIpc) is 3.50. The first-order valence-electron chi connectivity index (χ1n) is 13.9. The van der Waals surface area contributed by atoms with Crippen LogP contribution >= 0.6 is 0 Å². The van der Waals surface area contributed by atoms with Gasteiger partial charge in [0, 0.05) is 37.2 Å². The Hall–Kier alpha value is -4.67. The molecule has 41 heavy (non-hydrogen) atoms. The Bertz CT molecular complexity index is 1700. The highest BCUT2D eigenvalue weighted by atomic mass is 16.6. The lowest BCUT2D eigenvalue weighted by Gasteiger charge is -2.26. The largest absolute Gasteiger partial charge is 0.457 e. The van der Waals surface area contributed by atoms with Gasteiger partial charge in [0.1, 0.15) is 35.3 Å². The molecule has 0 spiro atoms. The molecule has 1 atom stereocenters. The summed E-state index contributed by atoms with van der Waals surface area (Å²) in [7, 11) is 0. The molecule has 1 aliphatic heterocycles. The highest BCUT2D eigenvalue weighted by Crippen LogP contribution is 2.35. The lowest BCUT2D eigenvalue weighted by atomic mass is 9.93. The van der Waals surface area contributed by atoms with Gasteiger partial charge in [-0.3, -0.25) is 0 Å². The molecule has 1 aliphatic rings. The zero-order valence-electron chi connectivity index (χ0n) is 23.7. The van der Waals surface area contributed by atoms with E-state index in [1.54, 1.807) is 10.8 Å². The lowest BCUT2D eigenvalue weighted by molar-refractivity contribution is 0.0256. The predicted molar refractivity (Wildman–Crippen MR) is 155 cm³/mol. The maximum Gasteiger partial charge on any atom is 0.410 e. The molecule has 0 radical (unpaired) electrons. The van der Waals surface area contributed by atoms with Gasteiger partial charge >= 0.3 is 6.09 Å². The number of hydrogen-bond donors (Lipinski definition) is 1. The summed E-state index contributed by atoms with van der Waals surface area (Å²) < 4.78 is 15.3. The van der Waals surface area contributed by atoms with Gasteiger partial charge in [0.25, 0.3) is 0 Å². The number of aryl methyl sites for hydroxylation is 1. The number of likely N-dealkylation sites (tertiary alicyclic amines) is 1. The molecule has 11 heteroatoms. The molecule has 1 amide bonds. The standard InChI is InChI=1S/C30H34N8O3/c1-20-16-22(7-8-25(20)40-23-10-14-37-26(17-23)31-18-33-37)35-28-27-24(11-15-38(27)34-19-32-28)21-6-5-12-36(13-9-21)29(39)41-30(2,3)4/h7-8,10-11,14-19,21H,5-6,9,12-13H2,1-4H3,(H,32,34,35). The van der Waals surface area contributed by atoms with Gasteiger partial charge in [0.2, 0.25) is 0 Å². The predicted octanol–water partition coefficient (Wildman–Crippen LogP) is 6.12. The molecule has 1 fully saturated rings. The van der Waals surface area contributed by atoms with E-state index in [9.17, 15) is 4.79 Å². The summed E-state index contributed by atoms with van der Waals surface area (Å²) in [4.78, 5) is 23.3. The molecule has 1 N–H and O–H groups in total. The number of anilines is 2. The van der Waals surface area contributed by atoms with Crippen LogP contribution in [0.15, 0.2) is 61.4 Å². The average molecular weight is 555 g/mol. The van der Waals surface area contributed by atoms with Gasteiger partial charge in [-0.2, -0.15) is 10.2 Å². The van der Waals surface area contributed by atoms with Crippen molar-refractivity contribution in [2.75, 3.05) is 18.4 Å². The SMILES string of the molecule is Cc1cc(Nc2ncnn3ccc(C4CCCN(C(=O)OC(C)(C)C)CC4)c23)ccc1Oc1ccn2ncnc2c1. The van der Waals surface area contributed by atoms with Gasteiger partial charge < -0.3 is 19.7 Å². The first kappa shape index (κ1) is 26.5. The Balaban J connectivity index is 1.20. The molecule has 4 aromatic heterocycles. The molecule has 1 saturated heterocycles. The fourth-order valence-electron chi connectivity index (χ4n) is 5.28. The van der Waals surface area contributed by atoms with Gasteiger partial charge in [-0.15, -0.1) is 0 Å². The van der Waals surface area contributed by atoms with Gasteiger partial charge in [-0.1, -0.05) is 0 Å². The van der Waals surface area contributed by atoms with Crippen LogP contribution in [0.2, 0.25) is 0 Å². The zero-order valence-corrected chi connectivity index (χ0v) is 23.7. The van der Waals surface area contributed by atoms with Crippen LogP contribution in [0.1, 0.15) is 57.1 Å². The number of hydrogen-bond acceptors (Lipinski definition) is 8. The maximum atomic E-state index is 12.7. The Morgan fingerprint density at radius 2 is 1.78 bits per heavy atom. The monoisotopic (exact) mass is 554 g/mol. The van der Waals surface area contributed by atoms with Crippen LogP contribution in [-0.2, 0) is 4.74 Å². The van der Waals surface area contributed by atoms with Crippen molar-refractivity contribution in [3.63, 3.8) is 0 Å². The van der Waals surface area contributed by atoms with Crippen LogP contribution in [0.3, 0.4) is 0 Å². The summed E-state index contributed by atoms with van der Waals surface area (Å²) in [5, 5.41) is 12.1. The first-order chi connectivity index (χ1) is 19.7. The van der Waals surface area contributed by atoms with Crippen LogP contribution in [0.5, 0.6) is 11.5 Å². The summed E-state index contributed by atoms with van der Waals surface area (Å²) in [5.41, 5.74) is 4.22. The summed E-state index contributed by atoms with van der Waals surface area (Å²) >= 11 is 0. The Kier molecular flexibility index (Phi) is 6.94. The molecule has 11 nitrogen and oxygen atoms in total. The third-order valence-corrected chi connectivity index (χ3v) is 7.22. The number of fused-ring (bicyclic) bond motifs is 2. The smallest absolute Gasteiger partial charge is 0.410 e. The maximum absolute atomic E-state index is 12.7. The zero-order chi connectivity index (χ0) is 28.6. The van der Waals surface area contributed by atoms with E-state index in [-0.39, 0.29) is 12.0 Å². The van der Waals surface area contributed by atoms with Crippen LogP contribution in [0, 0.1) is 6.92 Å². The van der Waals surface area contributed by atoms with Crippen molar-refractivity contribution < 1.29 is 14.3 Å². The second-order valence-electron chi connectivity index (χ2n) is 11.4. The van der Waals surface area contributed by atoms with E-state index < -0.39 is 5.60 Å². The second-order valence-corrected chi connectivity index (χ2v) is 11.4. The molecule has 0 saturated carbocycles. The van der Waals surface area contributed by atoms with Crippen LogP contribution in [0.4, 0.5) is 16.3 Å². The minimum Gasteiger partial charge on any atom is -0.457 e. The molecule has 1 unspecified atom stereocenters. The summed E-state index contributed by atoms with van der Waals surface area (Å²) in [6.45, 7) is 9.05. The molecular weight excluding hydrogens is 520 g/mol. The molecule has 0 bridgehead atoms. The van der Waals surface area contributed by atoms with Gasteiger partial charge in [0.15, 0.2) is 11.5 Å². The van der Waals surface area contributed by atoms with Crippen molar-refractivity contribution in [1.82, 2.24) is 34.1 Å². The number of pyridine rings is 1. The summed E-state index contributed by atoms with van der Waals surface area (Å²) in [6, 6.07) is 11.8. The van der Waals surface area contributed by atoms with Gasteiger partial charge in [-0.05, 0) is 94.3 Å². The van der Waals surface area contributed by atoms with Crippen molar-refractivity contribution in [2.24, 2.45) is 0 Å². The third kappa shape index (κ3) is 5.79. The number of ether oxygens (including phenoxy) is 2. The molecule has 0 aliphatic carbocycles. The van der Waals surface area contributed by atoms with Crippen molar-refractivity contribution in [3.05, 3.63) is 72.6 Å².